The van der Waals surface area contributed by atoms with Crippen molar-refractivity contribution in [2.45, 2.75) is 32.9 Å². The normalized spacial score (nSPS) is 11.9. The van der Waals surface area contributed by atoms with Gasteiger partial charge in [-0.2, -0.15) is 0 Å². The molecule has 0 aliphatic rings. The second-order valence-corrected chi connectivity index (χ2v) is 5.82. The Morgan fingerprint density at radius 3 is 2.90 bits per heavy atom. The van der Waals surface area contributed by atoms with E-state index in [1.807, 2.05) is 31.4 Å². The first kappa shape index (κ1) is 15.4. The molecule has 0 radical (unpaired) electrons. The second kappa shape index (κ2) is 7.13. The number of hydrogen-bond acceptors (Lipinski definition) is 4. The summed E-state index contributed by atoms with van der Waals surface area (Å²) in [5, 5.41) is 14.6. The molecule has 2 N–H and O–H groups in total. The molecule has 0 spiro atoms. The van der Waals surface area contributed by atoms with Crippen molar-refractivity contribution in [2.24, 2.45) is 0 Å². The fourth-order valence-electron chi connectivity index (χ4n) is 1.89. The zero-order chi connectivity index (χ0) is 15.2. The van der Waals surface area contributed by atoms with Crippen LogP contribution in [0.15, 0.2) is 35.7 Å². The highest BCUT2D eigenvalue weighted by Crippen LogP contribution is 2.28. The fraction of sp³-hybridized carbons (Fsp3) is 0.312. The van der Waals surface area contributed by atoms with E-state index in [0.717, 1.165) is 10.4 Å². The number of aryl methyl sites for hydroxylation is 1. The highest BCUT2D eigenvalue weighted by atomic mass is 32.1. The van der Waals surface area contributed by atoms with Crippen LogP contribution in [0.4, 0.5) is 0 Å². The SMILES string of the molecule is CCC(Oc1cc(C)ccc1O)C(=O)NCc1cccs1. The Labute approximate surface area is 128 Å². The molecule has 0 aliphatic carbocycles. The lowest BCUT2D eigenvalue weighted by Crippen LogP contribution is -2.37. The lowest BCUT2D eigenvalue weighted by Gasteiger charge is -2.18. The van der Waals surface area contributed by atoms with E-state index in [-0.39, 0.29) is 11.7 Å². The van der Waals surface area contributed by atoms with Crippen molar-refractivity contribution in [3.63, 3.8) is 0 Å². The molecule has 5 heteroatoms. The van der Waals surface area contributed by atoms with Gasteiger partial charge in [0.15, 0.2) is 17.6 Å². The number of benzene rings is 1. The summed E-state index contributed by atoms with van der Waals surface area (Å²) in [6, 6.07) is 9.01. The van der Waals surface area contributed by atoms with Crippen molar-refractivity contribution in [3.05, 3.63) is 46.2 Å². The minimum Gasteiger partial charge on any atom is -0.504 e. The van der Waals surface area contributed by atoms with Crippen molar-refractivity contribution < 1.29 is 14.6 Å². The number of aromatic hydroxyl groups is 1. The van der Waals surface area contributed by atoms with Gasteiger partial charge in [-0.15, -0.1) is 11.3 Å². The van der Waals surface area contributed by atoms with E-state index >= 15 is 0 Å². The molecular formula is C16H19NO3S. The molecule has 1 heterocycles. The van der Waals surface area contributed by atoms with Gasteiger partial charge in [0, 0.05) is 4.88 Å². The molecule has 1 unspecified atom stereocenters. The van der Waals surface area contributed by atoms with Crippen molar-refractivity contribution in [2.75, 3.05) is 0 Å². The van der Waals surface area contributed by atoms with E-state index in [4.69, 9.17) is 4.74 Å². The molecule has 21 heavy (non-hydrogen) atoms. The lowest BCUT2D eigenvalue weighted by molar-refractivity contribution is -0.128. The van der Waals surface area contributed by atoms with Gasteiger partial charge in [-0.25, -0.2) is 0 Å². The number of phenolic OH excluding ortho intramolecular Hbond substituents is 1. The Bertz CT molecular complexity index is 596. The zero-order valence-corrected chi connectivity index (χ0v) is 12.9. The first-order chi connectivity index (χ1) is 10.1. The number of rotatable bonds is 6. The van der Waals surface area contributed by atoms with Crippen LogP contribution >= 0.6 is 11.3 Å². The van der Waals surface area contributed by atoms with Crippen LogP contribution < -0.4 is 10.1 Å². The Balaban J connectivity index is 1.98. The smallest absolute Gasteiger partial charge is 0.261 e. The van der Waals surface area contributed by atoms with E-state index in [2.05, 4.69) is 5.32 Å². The molecule has 0 saturated heterocycles. The van der Waals surface area contributed by atoms with Gasteiger partial charge < -0.3 is 15.2 Å². The van der Waals surface area contributed by atoms with Gasteiger partial charge in [0.2, 0.25) is 0 Å². The lowest BCUT2D eigenvalue weighted by atomic mass is 10.2. The summed E-state index contributed by atoms with van der Waals surface area (Å²) in [4.78, 5) is 13.3. The van der Waals surface area contributed by atoms with Crippen LogP contribution in [-0.4, -0.2) is 17.1 Å². The minimum absolute atomic E-state index is 0.0464. The van der Waals surface area contributed by atoms with Gasteiger partial charge in [-0.05, 0) is 42.5 Å². The third-order valence-corrected chi connectivity index (χ3v) is 3.94. The molecule has 0 fully saturated rings. The van der Waals surface area contributed by atoms with Crippen LogP contribution in [0.3, 0.4) is 0 Å². The van der Waals surface area contributed by atoms with Gasteiger partial charge >= 0.3 is 0 Å². The van der Waals surface area contributed by atoms with Crippen LogP contribution in [0.2, 0.25) is 0 Å². The zero-order valence-electron chi connectivity index (χ0n) is 12.1. The number of carbonyl (C=O) groups is 1. The predicted molar refractivity (Wildman–Crippen MR) is 83.7 cm³/mol. The van der Waals surface area contributed by atoms with Crippen LogP contribution in [0, 0.1) is 6.92 Å². The second-order valence-electron chi connectivity index (χ2n) is 4.78. The molecule has 0 saturated carbocycles. The number of thiophene rings is 1. The average Bonchev–Trinajstić information content (AvgIpc) is 2.99. The quantitative estimate of drug-likeness (QED) is 0.861. The Morgan fingerprint density at radius 2 is 2.24 bits per heavy atom. The summed E-state index contributed by atoms with van der Waals surface area (Å²) in [7, 11) is 0. The van der Waals surface area contributed by atoms with Gasteiger partial charge in [0.25, 0.3) is 5.91 Å². The topological polar surface area (TPSA) is 58.6 Å². The maximum atomic E-state index is 12.2. The van der Waals surface area contributed by atoms with E-state index in [9.17, 15) is 9.90 Å². The fourth-order valence-corrected chi connectivity index (χ4v) is 2.54. The van der Waals surface area contributed by atoms with Crippen molar-refractivity contribution in [1.29, 1.82) is 0 Å². The molecule has 0 bridgehead atoms. The number of ether oxygens (including phenoxy) is 1. The van der Waals surface area contributed by atoms with Crippen molar-refractivity contribution >= 4 is 17.2 Å². The first-order valence-corrected chi connectivity index (χ1v) is 7.74. The molecule has 0 aliphatic heterocycles. The molecular weight excluding hydrogens is 286 g/mol. The maximum Gasteiger partial charge on any atom is 0.261 e. The summed E-state index contributed by atoms with van der Waals surface area (Å²) in [6.07, 6.45) is -0.0819. The molecule has 112 valence electrons. The molecule has 1 atom stereocenters. The van der Waals surface area contributed by atoms with Gasteiger partial charge in [0.05, 0.1) is 6.54 Å². The van der Waals surface area contributed by atoms with Crippen molar-refractivity contribution in [1.82, 2.24) is 5.32 Å². The van der Waals surface area contributed by atoms with Crippen LogP contribution in [0.25, 0.3) is 0 Å². The number of hydrogen-bond donors (Lipinski definition) is 2. The predicted octanol–water partition coefficient (Wildman–Crippen LogP) is 3.24. The molecule has 1 amide bonds. The van der Waals surface area contributed by atoms with Gasteiger partial charge in [0.1, 0.15) is 0 Å². The van der Waals surface area contributed by atoms with E-state index in [1.165, 1.54) is 0 Å². The Kier molecular flexibility index (Phi) is 5.22. The number of nitrogens with one attached hydrogen (secondary N) is 1. The van der Waals surface area contributed by atoms with E-state index in [0.29, 0.717) is 18.7 Å². The minimum atomic E-state index is -0.613. The van der Waals surface area contributed by atoms with Gasteiger partial charge in [-0.1, -0.05) is 19.1 Å². The summed E-state index contributed by atoms with van der Waals surface area (Å²) in [5.74, 6) is 0.213. The molecule has 1 aromatic carbocycles. The third kappa shape index (κ3) is 4.23. The maximum absolute atomic E-state index is 12.2. The van der Waals surface area contributed by atoms with Gasteiger partial charge in [-0.3, -0.25) is 4.79 Å². The monoisotopic (exact) mass is 305 g/mol. The summed E-state index contributed by atoms with van der Waals surface area (Å²) in [5.41, 5.74) is 0.969. The average molecular weight is 305 g/mol. The standard InChI is InChI=1S/C16H19NO3S/c1-3-14(16(19)17-10-12-5-4-8-21-12)20-15-9-11(2)6-7-13(15)18/h4-9,14,18H,3,10H2,1-2H3,(H,17,19). The highest BCUT2D eigenvalue weighted by molar-refractivity contribution is 7.09. The summed E-state index contributed by atoms with van der Waals surface area (Å²) < 4.78 is 5.65. The number of phenols is 1. The molecule has 4 nitrogen and oxygen atoms in total. The first-order valence-electron chi connectivity index (χ1n) is 6.86. The van der Waals surface area contributed by atoms with Crippen LogP contribution in [-0.2, 0) is 11.3 Å². The number of carbonyl (C=O) groups excluding carboxylic acids is 1. The number of amides is 1. The Hall–Kier alpha value is -2.01. The third-order valence-electron chi connectivity index (χ3n) is 3.06. The Morgan fingerprint density at radius 1 is 1.43 bits per heavy atom. The molecule has 2 aromatic rings. The summed E-state index contributed by atoms with van der Waals surface area (Å²) in [6.45, 7) is 4.28. The molecule has 2 rings (SSSR count). The summed E-state index contributed by atoms with van der Waals surface area (Å²) >= 11 is 1.60. The van der Waals surface area contributed by atoms with E-state index in [1.54, 1.807) is 29.5 Å². The highest BCUT2D eigenvalue weighted by Gasteiger charge is 2.19. The van der Waals surface area contributed by atoms with Crippen molar-refractivity contribution in [3.8, 4) is 11.5 Å². The largest absolute Gasteiger partial charge is 0.504 e. The van der Waals surface area contributed by atoms with Crippen LogP contribution in [0.1, 0.15) is 23.8 Å². The molecule has 1 aromatic heterocycles. The van der Waals surface area contributed by atoms with E-state index < -0.39 is 6.10 Å². The van der Waals surface area contributed by atoms with Crippen LogP contribution in [0.5, 0.6) is 11.5 Å².